The van der Waals surface area contributed by atoms with Gasteiger partial charge in [0.25, 0.3) is 5.56 Å². The minimum absolute atomic E-state index is 0.0280. The maximum atomic E-state index is 12.4. The number of benzene rings is 1. The van der Waals surface area contributed by atoms with Crippen LogP contribution >= 0.6 is 0 Å². The van der Waals surface area contributed by atoms with E-state index in [1.807, 2.05) is 44.3 Å². The zero-order valence-electron chi connectivity index (χ0n) is 22.2. The molecule has 0 bridgehead atoms. The van der Waals surface area contributed by atoms with Gasteiger partial charge in [0.2, 0.25) is 0 Å². The number of ether oxygens (including phenoxy) is 2. The second kappa shape index (κ2) is 12.0. The molecule has 3 atom stereocenters. The van der Waals surface area contributed by atoms with Crippen LogP contribution in [0.3, 0.4) is 0 Å². The van der Waals surface area contributed by atoms with E-state index < -0.39 is 18.1 Å². The molecule has 1 aliphatic heterocycles. The van der Waals surface area contributed by atoms with Crippen LogP contribution in [0.4, 0.5) is 0 Å². The molecule has 1 saturated heterocycles. The molecule has 37 heavy (non-hydrogen) atoms. The Kier molecular flexibility index (Phi) is 8.79. The summed E-state index contributed by atoms with van der Waals surface area (Å²) in [6.45, 7) is 7.60. The monoisotopic (exact) mass is 510 g/mol. The number of fused-ring (bicyclic) bond motifs is 1. The highest BCUT2D eigenvalue weighted by Crippen LogP contribution is 2.28. The molecule has 3 aromatic rings. The van der Waals surface area contributed by atoms with Crippen LogP contribution in [0.5, 0.6) is 0 Å². The van der Waals surface area contributed by atoms with Crippen molar-refractivity contribution in [2.75, 3.05) is 13.2 Å². The van der Waals surface area contributed by atoms with E-state index in [9.17, 15) is 14.7 Å². The Morgan fingerprint density at radius 3 is 2.84 bits per heavy atom. The molecule has 0 aliphatic carbocycles. The first-order valence-corrected chi connectivity index (χ1v) is 13.1. The number of hydrogen-bond acceptors (Lipinski definition) is 7. The van der Waals surface area contributed by atoms with Crippen molar-refractivity contribution in [3.63, 3.8) is 0 Å². The summed E-state index contributed by atoms with van der Waals surface area (Å²) >= 11 is 0. The van der Waals surface area contributed by atoms with Gasteiger partial charge in [-0.15, -0.1) is 0 Å². The first-order valence-electron chi connectivity index (χ1n) is 13.1. The number of carbonyl (C=O) groups is 1. The summed E-state index contributed by atoms with van der Waals surface area (Å²) in [5.74, 6) is 0.341. The Hall–Kier alpha value is -3.01. The number of nitrogens with zero attached hydrogens (tertiary/aromatic N) is 3. The van der Waals surface area contributed by atoms with Crippen molar-refractivity contribution >= 4 is 17.0 Å². The van der Waals surface area contributed by atoms with Crippen LogP contribution in [0.2, 0.25) is 0 Å². The largest absolute Gasteiger partial charge is 0.464 e. The Morgan fingerprint density at radius 1 is 1.35 bits per heavy atom. The molecule has 4 rings (SSSR count). The molecular formula is C28H38N4O5. The van der Waals surface area contributed by atoms with Gasteiger partial charge in [0.15, 0.2) is 0 Å². The fraction of sp³-hybridized carbons (Fsp3) is 0.536. The molecule has 1 aromatic carbocycles. The van der Waals surface area contributed by atoms with E-state index in [1.165, 1.54) is 0 Å². The number of aliphatic hydroxyl groups is 1. The van der Waals surface area contributed by atoms with Gasteiger partial charge in [0.05, 0.1) is 36.4 Å². The molecule has 2 unspecified atom stereocenters. The van der Waals surface area contributed by atoms with Crippen molar-refractivity contribution in [3.8, 4) is 11.4 Å². The molecule has 9 heteroatoms. The lowest BCUT2D eigenvalue weighted by Crippen LogP contribution is -2.45. The topological polar surface area (TPSA) is 108 Å². The maximum Gasteiger partial charge on any atom is 0.325 e. The Morgan fingerprint density at radius 2 is 2.16 bits per heavy atom. The van der Waals surface area contributed by atoms with Crippen LogP contribution in [0, 0.1) is 6.92 Å². The average molecular weight is 511 g/mol. The van der Waals surface area contributed by atoms with Crippen molar-refractivity contribution in [2.45, 2.75) is 77.8 Å². The zero-order valence-corrected chi connectivity index (χ0v) is 22.2. The molecule has 200 valence electrons. The molecule has 2 N–H and O–H groups in total. The molecule has 1 fully saturated rings. The van der Waals surface area contributed by atoms with Crippen molar-refractivity contribution in [1.82, 2.24) is 19.4 Å². The first kappa shape index (κ1) is 27.0. The Balaban J connectivity index is 1.62. The molecule has 0 amide bonds. The second-order valence-corrected chi connectivity index (χ2v) is 9.95. The summed E-state index contributed by atoms with van der Waals surface area (Å²) in [6, 6.07) is 7.10. The van der Waals surface area contributed by atoms with E-state index in [0.29, 0.717) is 25.3 Å². The van der Waals surface area contributed by atoms with Crippen LogP contribution in [0.15, 0.2) is 35.3 Å². The highest BCUT2D eigenvalue weighted by Gasteiger charge is 2.25. The number of aryl methyl sites for hydroxylation is 2. The van der Waals surface area contributed by atoms with Crippen molar-refractivity contribution in [3.05, 3.63) is 51.9 Å². The van der Waals surface area contributed by atoms with Crippen molar-refractivity contribution < 1.29 is 19.4 Å². The predicted molar refractivity (Wildman–Crippen MR) is 142 cm³/mol. The summed E-state index contributed by atoms with van der Waals surface area (Å²) in [7, 11) is 1.75. The van der Waals surface area contributed by atoms with E-state index in [2.05, 4.69) is 9.88 Å². The van der Waals surface area contributed by atoms with Gasteiger partial charge in [-0.05, 0) is 56.9 Å². The number of esters is 1. The molecular weight excluding hydrogens is 472 g/mol. The molecule has 9 nitrogen and oxygen atoms in total. The van der Waals surface area contributed by atoms with E-state index in [-0.39, 0.29) is 11.7 Å². The van der Waals surface area contributed by atoms with Crippen molar-refractivity contribution in [1.29, 1.82) is 0 Å². The molecule has 0 radical (unpaired) electrons. The first-order chi connectivity index (χ1) is 17.8. The van der Waals surface area contributed by atoms with Gasteiger partial charge in [0.1, 0.15) is 11.9 Å². The minimum Gasteiger partial charge on any atom is -0.464 e. The van der Waals surface area contributed by atoms with Crippen LogP contribution in [0.1, 0.15) is 50.7 Å². The lowest BCUT2D eigenvalue weighted by Gasteiger charge is -2.20. The van der Waals surface area contributed by atoms with Gasteiger partial charge >= 0.3 is 5.97 Å². The second-order valence-electron chi connectivity index (χ2n) is 9.95. The van der Waals surface area contributed by atoms with Gasteiger partial charge in [0, 0.05) is 37.5 Å². The number of pyridine rings is 1. The Labute approximate surface area is 217 Å². The maximum absolute atomic E-state index is 12.4. The number of imidazole rings is 1. The molecule has 2 aromatic heterocycles. The predicted octanol–water partition coefficient (Wildman–Crippen LogP) is 3.07. The number of carbonyl (C=O) groups excluding carboxylic acids is 1. The number of rotatable bonds is 11. The van der Waals surface area contributed by atoms with Crippen LogP contribution in [-0.4, -0.2) is 56.7 Å². The number of unbranched alkanes of at least 4 members (excludes halogenated alkanes) is 1. The zero-order chi connectivity index (χ0) is 26.5. The number of hydrogen-bond donors (Lipinski definition) is 2. The number of aromatic nitrogens is 3. The quantitative estimate of drug-likeness (QED) is 0.302. The lowest BCUT2D eigenvalue weighted by atomic mass is 10.1. The summed E-state index contributed by atoms with van der Waals surface area (Å²) in [4.78, 5) is 29.7. The van der Waals surface area contributed by atoms with Gasteiger partial charge in [-0.1, -0.05) is 19.4 Å². The summed E-state index contributed by atoms with van der Waals surface area (Å²) in [5, 5.41) is 13.3. The third-order valence-corrected chi connectivity index (χ3v) is 6.85. The SMILES string of the molecule is CCCCOC(=O)C(NCc1ccc2c(c1)nc(-c1cc(C)c(=O)n(C)c1)n2C[C@@H]1CCCO1)C(C)O. The van der Waals surface area contributed by atoms with Crippen molar-refractivity contribution in [2.24, 2.45) is 7.05 Å². The highest BCUT2D eigenvalue weighted by molar-refractivity contribution is 5.81. The minimum atomic E-state index is -0.886. The van der Waals surface area contributed by atoms with Gasteiger partial charge in [-0.25, -0.2) is 4.98 Å². The third-order valence-electron chi connectivity index (χ3n) is 6.85. The average Bonchev–Trinajstić information content (AvgIpc) is 3.50. The van der Waals surface area contributed by atoms with E-state index >= 15 is 0 Å². The fourth-order valence-corrected chi connectivity index (χ4v) is 4.77. The summed E-state index contributed by atoms with van der Waals surface area (Å²) in [6.07, 6.45) is 4.83. The van der Waals surface area contributed by atoms with E-state index in [1.54, 1.807) is 18.5 Å². The smallest absolute Gasteiger partial charge is 0.325 e. The molecule has 1 aliphatic rings. The van der Waals surface area contributed by atoms with Crippen LogP contribution in [-0.2, 0) is 34.4 Å². The molecule has 0 saturated carbocycles. The third kappa shape index (κ3) is 6.29. The molecule has 3 heterocycles. The van der Waals surface area contributed by atoms with Gasteiger partial charge < -0.3 is 23.7 Å². The number of aliphatic hydroxyl groups excluding tert-OH is 1. The van der Waals surface area contributed by atoms with Crippen LogP contribution < -0.4 is 10.9 Å². The molecule has 0 spiro atoms. The summed E-state index contributed by atoms with van der Waals surface area (Å²) in [5.41, 5.74) is 4.24. The highest BCUT2D eigenvalue weighted by atomic mass is 16.5. The standard InChI is InChI=1S/C28H38N4O5/c1-5-6-11-37-28(35)25(19(3)33)29-15-20-9-10-24-23(14-20)30-26(32(24)17-22-8-7-12-36-22)21-13-18(2)27(34)31(4)16-21/h9-10,13-14,16,19,22,25,29,33H,5-8,11-12,15,17H2,1-4H3/t19?,22-,25?/m0/s1. The fourth-order valence-electron chi connectivity index (χ4n) is 4.77. The lowest BCUT2D eigenvalue weighted by molar-refractivity contribution is -0.149. The Bertz CT molecular complexity index is 1260. The summed E-state index contributed by atoms with van der Waals surface area (Å²) < 4.78 is 15.0. The number of nitrogens with one attached hydrogen (secondary N) is 1. The van der Waals surface area contributed by atoms with E-state index in [4.69, 9.17) is 14.5 Å². The van der Waals surface area contributed by atoms with E-state index in [0.717, 1.165) is 60.3 Å². The van der Waals surface area contributed by atoms with Gasteiger partial charge in [-0.3, -0.25) is 14.9 Å². The van der Waals surface area contributed by atoms with Gasteiger partial charge in [-0.2, -0.15) is 0 Å². The van der Waals surface area contributed by atoms with Crippen LogP contribution in [0.25, 0.3) is 22.4 Å². The normalized spacial score (nSPS) is 17.3.